The molecule has 3 aromatic rings. The zero-order valence-electron chi connectivity index (χ0n) is 16.9. The van der Waals surface area contributed by atoms with Crippen LogP contribution in [0.15, 0.2) is 53.1 Å². The number of aryl methyl sites for hydroxylation is 1. The summed E-state index contributed by atoms with van der Waals surface area (Å²) in [7, 11) is -3.10. The first-order valence-electron chi connectivity index (χ1n) is 9.57. The molecule has 31 heavy (non-hydrogen) atoms. The van der Waals surface area contributed by atoms with E-state index in [0.717, 1.165) is 6.26 Å². The van der Waals surface area contributed by atoms with E-state index >= 15 is 0 Å². The number of amides is 1. The van der Waals surface area contributed by atoms with Crippen LogP contribution in [0.4, 0.5) is 10.1 Å². The van der Waals surface area contributed by atoms with Crippen LogP contribution in [0.1, 0.15) is 18.7 Å². The first-order valence-corrected chi connectivity index (χ1v) is 11.6. The molecule has 0 bridgehead atoms. The lowest BCUT2D eigenvalue weighted by molar-refractivity contribution is -0.116. The molecule has 2 aromatic carbocycles. The smallest absolute Gasteiger partial charge is 0.226 e. The number of hydrogen-bond donors (Lipinski definition) is 1. The molecule has 0 spiro atoms. The first kappa shape index (κ1) is 22.4. The van der Waals surface area contributed by atoms with Gasteiger partial charge >= 0.3 is 0 Å². The summed E-state index contributed by atoms with van der Waals surface area (Å²) >= 11 is 0. The van der Waals surface area contributed by atoms with Gasteiger partial charge in [-0.1, -0.05) is 11.2 Å². The van der Waals surface area contributed by atoms with Gasteiger partial charge in [-0.2, -0.15) is 4.98 Å². The van der Waals surface area contributed by atoms with Gasteiger partial charge in [-0.15, -0.1) is 0 Å². The van der Waals surface area contributed by atoms with Gasteiger partial charge in [0.15, 0.2) is 9.84 Å². The Kier molecular flexibility index (Phi) is 7.35. The normalized spacial score (nSPS) is 11.3. The number of carbonyl (C=O) groups is 1. The molecule has 0 aliphatic rings. The summed E-state index contributed by atoms with van der Waals surface area (Å²) in [5.41, 5.74) is 1.20. The Morgan fingerprint density at radius 1 is 1.19 bits per heavy atom. The van der Waals surface area contributed by atoms with Crippen LogP contribution in [0.2, 0.25) is 0 Å². The van der Waals surface area contributed by atoms with Crippen LogP contribution in [0.3, 0.4) is 0 Å². The molecule has 0 saturated carbocycles. The van der Waals surface area contributed by atoms with Gasteiger partial charge < -0.3 is 14.6 Å². The van der Waals surface area contributed by atoms with E-state index in [1.54, 1.807) is 36.4 Å². The lowest BCUT2D eigenvalue weighted by Gasteiger charge is -2.09. The van der Waals surface area contributed by atoms with Crippen LogP contribution in [0.5, 0.6) is 5.75 Å². The van der Waals surface area contributed by atoms with Crippen molar-refractivity contribution in [2.45, 2.75) is 19.3 Å². The monoisotopic (exact) mass is 447 g/mol. The second kappa shape index (κ2) is 10.2. The van der Waals surface area contributed by atoms with Crippen molar-refractivity contribution in [3.05, 3.63) is 60.2 Å². The fraction of sp³-hybridized carbons (Fsp3) is 0.286. The molecule has 0 aliphatic carbocycles. The van der Waals surface area contributed by atoms with E-state index in [-0.39, 0.29) is 30.5 Å². The van der Waals surface area contributed by atoms with Gasteiger partial charge in [0, 0.05) is 36.4 Å². The number of nitrogens with one attached hydrogen (secondary N) is 1. The molecule has 0 saturated heterocycles. The van der Waals surface area contributed by atoms with Crippen molar-refractivity contribution in [1.82, 2.24) is 10.1 Å². The Morgan fingerprint density at radius 2 is 1.97 bits per heavy atom. The minimum absolute atomic E-state index is 0.0420. The summed E-state index contributed by atoms with van der Waals surface area (Å²) in [6.07, 6.45) is 2.32. The quantitative estimate of drug-likeness (QED) is 0.508. The number of anilines is 1. The SMILES string of the molecule is CS(=O)(=O)CCOc1cccc(NC(=O)CCCc2nc(-c3ccc(F)cc3)no2)c1. The number of carbonyl (C=O) groups excluding carboxylic acids is 1. The summed E-state index contributed by atoms with van der Waals surface area (Å²) in [5, 5.41) is 6.64. The molecule has 164 valence electrons. The summed E-state index contributed by atoms with van der Waals surface area (Å²) in [6, 6.07) is 12.5. The van der Waals surface area contributed by atoms with Gasteiger partial charge in [0.05, 0.1) is 5.75 Å². The number of sulfone groups is 1. The number of ether oxygens (including phenoxy) is 1. The van der Waals surface area contributed by atoms with Crippen molar-refractivity contribution in [1.29, 1.82) is 0 Å². The minimum atomic E-state index is -3.10. The lowest BCUT2D eigenvalue weighted by Crippen LogP contribution is -2.13. The molecule has 0 radical (unpaired) electrons. The van der Waals surface area contributed by atoms with Gasteiger partial charge in [0.25, 0.3) is 0 Å². The third-order valence-corrected chi connectivity index (χ3v) is 5.11. The van der Waals surface area contributed by atoms with Gasteiger partial charge in [0.1, 0.15) is 18.2 Å². The van der Waals surface area contributed by atoms with Gasteiger partial charge in [-0.3, -0.25) is 4.79 Å². The largest absolute Gasteiger partial charge is 0.492 e. The number of rotatable bonds is 10. The predicted molar refractivity (Wildman–Crippen MR) is 113 cm³/mol. The highest BCUT2D eigenvalue weighted by molar-refractivity contribution is 7.90. The maximum Gasteiger partial charge on any atom is 0.226 e. The van der Waals surface area contributed by atoms with Crippen LogP contribution >= 0.6 is 0 Å². The second-order valence-corrected chi connectivity index (χ2v) is 9.19. The third-order valence-electron chi connectivity index (χ3n) is 4.21. The molecule has 1 N–H and O–H groups in total. The van der Waals surface area contributed by atoms with E-state index in [1.807, 2.05) is 0 Å². The topological polar surface area (TPSA) is 111 Å². The van der Waals surface area contributed by atoms with Crippen molar-refractivity contribution in [3.8, 4) is 17.1 Å². The number of nitrogens with zero attached hydrogens (tertiary/aromatic N) is 2. The van der Waals surface area contributed by atoms with E-state index in [1.165, 1.54) is 12.1 Å². The number of aromatic nitrogens is 2. The average molecular weight is 447 g/mol. The maximum absolute atomic E-state index is 13.0. The van der Waals surface area contributed by atoms with Gasteiger partial charge in [-0.25, -0.2) is 12.8 Å². The van der Waals surface area contributed by atoms with Crippen LogP contribution in [0, 0.1) is 5.82 Å². The summed E-state index contributed by atoms with van der Waals surface area (Å²) < 4.78 is 45.9. The third kappa shape index (κ3) is 7.49. The van der Waals surface area contributed by atoms with Crippen molar-refractivity contribution >= 4 is 21.4 Å². The Labute approximate surface area is 179 Å². The van der Waals surface area contributed by atoms with Crippen molar-refractivity contribution in [3.63, 3.8) is 0 Å². The van der Waals surface area contributed by atoms with Crippen molar-refractivity contribution in [2.24, 2.45) is 0 Å². The molecule has 1 heterocycles. The zero-order valence-corrected chi connectivity index (χ0v) is 17.7. The second-order valence-electron chi connectivity index (χ2n) is 6.93. The zero-order chi connectivity index (χ0) is 22.3. The molecule has 3 rings (SSSR count). The highest BCUT2D eigenvalue weighted by atomic mass is 32.2. The van der Waals surface area contributed by atoms with E-state index in [2.05, 4.69) is 15.5 Å². The standard InChI is InChI=1S/C21H22FN3O5S/c1-31(27,28)13-12-29-18-5-2-4-17(14-18)23-19(26)6-3-7-20-24-21(25-30-20)15-8-10-16(22)11-9-15/h2,4-5,8-11,14H,3,6-7,12-13H2,1H3,(H,23,26). The fourth-order valence-corrected chi connectivity index (χ4v) is 3.06. The van der Waals surface area contributed by atoms with Crippen LogP contribution in [0.25, 0.3) is 11.4 Å². The molecule has 10 heteroatoms. The summed E-state index contributed by atoms with van der Waals surface area (Å²) in [5.74, 6) is 0.625. The van der Waals surface area contributed by atoms with E-state index < -0.39 is 9.84 Å². The van der Waals surface area contributed by atoms with Crippen LogP contribution in [-0.4, -0.2) is 43.1 Å². The average Bonchev–Trinajstić information content (AvgIpc) is 3.17. The Balaban J connectivity index is 1.44. The Hall–Kier alpha value is -3.27. The molecule has 8 nitrogen and oxygen atoms in total. The number of hydrogen-bond acceptors (Lipinski definition) is 7. The predicted octanol–water partition coefficient (Wildman–Crippen LogP) is 3.26. The van der Waals surface area contributed by atoms with Gasteiger partial charge in [-0.05, 0) is 42.8 Å². The van der Waals surface area contributed by atoms with E-state index in [0.29, 0.717) is 41.6 Å². The lowest BCUT2D eigenvalue weighted by atomic mass is 10.2. The minimum Gasteiger partial charge on any atom is -0.492 e. The molecule has 0 fully saturated rings. The summed E-state index contributed by atoms with van der Waals surface area (Å²) in [4.78, 5) is 16.4. The molecule has 0 atom stereocenters. The highest BCUT2D eigenvalue weighted by Crippen LogP contribution is 2.19. The molecule has 1 aromatic heterocycles. The first-order chi connectivity index (χ1) is 14.8. The van der Waals surface area contributed by atoms with E-state index in [9.17, 15) is 17.6 Å². The fourth-order valence-electron chi connectivity index (χ4n) is 2.67. The van der Waals surface area contributed by atoms with Crippen molar-refractivity contribution in [2.75, 3.05) is 23.9 Å². The Bertz CT molecular complexity index is 1130. The number of benzene rings is 2. The molecular weight excluding hydrogens is 425 g/mol. The van der Waals surface area contributed by atoms with Crippen LogP contribution < -0.4 is 10.1 Å². The highest BCUT2D eigenvalue weighted by Gasteiger charge is 2.10. The molecule has 0 unspecified atom stereocenters. The summed E-state index contributed by atoms with van der Waals surface area (Å²) in [6.45, 7) is 0.0420. The van der Waals surface area contributed by atoms with Gasteiger partial charge in [0.2, 0.25) is 17.6 Å². The Morgan fingerprint density at radius 3 is 2.71 bits per heavy atom. The van der Waals surface area contributed by atoms with E-state index in [4.69, 9.17) is 9.26 Å². The molecular formula is C21H22FN3O5S. The maximum atomic E-state index is 13.0. The van der Waals surface area contributed by atoms with Crippen LogP contribution in [-0.2, 0) is 21.1 Å². The van der Waals surface area contributed by atoms with Crippen molar-refractivity contribution < 1.29 is 26.9 Å². The molecule has 0 aliphatic heterocycles. The number of halogens is 1. The molecule has 1 amide bonds.